The molecule has 1 aromatic heterocycles. The molecule has 3 N–H and O–H groups in total. The minimum absolute atomic E-state index is 0.00722. The summed E-state index contributed by atoms with van der Waals surface area (Å²) in [5.41, 5.74) is 0.398. The highest BCUT2D eigenvalue weighted by Crippen LogP contribution is 2.33. The third-order valence-corrected chi connectivity index (χ3v) is 4.23. The molecule has 5 nitrogen and oxygen atoms in total. The number of nitrogens with zero attached hydrogens (tertiary/aromatic N) is 1. The van der Waals surface area contributed by atoms with E-state index in [0.717, 1.165) is 12.1 Å². The summed E-state index contributed by atoms with van der Waals surface area (Å²) >= 11 is 6.04. The number of phenolic OH excluding ortho intramolecular Hbond substituents is 1. The molecule has 0 radical (unpaired) electrons. The van der Waals surface area contributed by atoms with Crippen molar-refractivity contribution >= 4 is 23.2 Å². The van der Waals surface area contributed by atoms with Crippen molar-refractivity contribution in [1.82, 2.24) is 10.2 Å². The first kappa shape index (κ1) is 18.8. The Bertz CT molecular complexity index is 1020. The van der Waals surface area contributed by atoms with Crippen molar-refractivity contribution in [3.05, 3.63) is 64.3 Å². The molecule has 0 aliphatic carbocycles. The molecule has 0 spiro atoms. The van der Waals surface area contributed by atoms with E-state index in [1.165, 1.54) is 30.3 Å². The van der Waals surface area contributed by atoms with E-state index in [9.17, 15) is 23.1 Å². The number of benzene rings is 2. The van der Waals surface area contributed by atoms with Gasteiger partial charge in [0.2, 0.25) is 0 Å². The predicted molar refractivity (Wildman–Crippen MR) is 94.8 cm³/mol. The lowest BCUT2D eigenvalue weighted by molar-refractivity contribution is -0.137. The monoisotopic (exact) mass is 395 g/mol. The van der Waals surface area contributed by atoms with Gasteiger partial charge in [-0.15, -0.1) is 0 Å². The highest BCUT2D eigenvalue weighted by Gasteiger charge is 2.30. The van der Waals surface area contributed by atoms with E-state index in [1.807, 2.05) is 0 Å². The maximum Gasteiger partial charge on any atom is 0.416 e. The maximum absolute atomic E-state index is 12.8. The number of halogens is 4. The Morgan fingerprint density at radius 3 is 2.67 bits per heavy atom. The summed E-state index contributed by atoms with van der Waals surface area (Å²) in [7, 11) is 0. The van der Waals surface area contributed by atoms with E-state index in [2.05, 4.69) is 15.5 Å². The van der Waals surface area contributed by atoms with Gasteiger partial charge in [0.25, 0.3) is 5.91 Å². The number of amides is 1. The highest BCUT2D eigenvalue weighted by molar-refractivity contribution is 6.31. The molecule has 140 valence electrons. The second kappa shape index (κ2) is 6.96. The molecule has 27 heavy (non-hydrogen) atoms. The molecule has 0 saturated carbocycles. The molecule has 2 aromatic carbocycles. The van der Waals surface area contributed by atoms with Crippen LogP contribution in [0.4, 0.5) is 18.9 Å². The molecule has 0 unspecified atom stereocenters. The number of aromatic nitrogens is 2. The lowest BCUT2D eigenvalue weighted by Crippen LogP contribution is -2.13. The van der Waals surface area contributed by atoms with Crippen LogP contribution in [-0.2, 0) is 6.18 Å². The topological polar surface area (TPSA) is 78.0 Å². The summed E-state index contributed by atoms with van der Waals surface area (Å²) in [5.74, 6) is -0.737. The van der Waals surface area contributed by atoms with Crippen LogP contribution in [0.3, 0.4) is 0 Å². The molecule has 0 bridgehead atoms. The number of anilines is 1. The van der Waals surface area contributed by atoms with Gasteiger partial charge in [-0.3, -0.25) is 9.89 Å². The van der Waals surface area contributed by atoms with Gasteiger partial charge in [-0.05, 0) is 48.9 Å². The van der Waals surface area contributed by atoms with E-state index < -0.39 is 17.6 Å². The zero-order chi connectivity index (χ0) is 19.8. The Labute approximate surface area is 156 Å². The number of aryl methyl sites for hydroxylation is 1. The summed E-state index contributed by atoms with van der Waals surface area (Å²) in [6.07, 6.45) is -4.51. The quantitative estimate of drug-likeness (QED) is 0.583. The molecule has 0 fully saturated rings. The standard InChI is InChI=1S/C18H13ClF3N3O2/c1-9-5-16(26)12(7-13(9)19)14-8-15(25-24-14)17(27)23-11-4-2-3-10(6-11)18(20,21)22/h2-8,26H,1H3,(H,23,27)(H,24,25). The van der Waals surface area contributed by atoms with Crippen molar-refractivity contribution in [1.29, 1.82) is 0 Å². The average molecular weight is 396 g/mol. The summed E-state index contributed by atoms with van der Waals surface area (Å²) in [6, 6.07) is 8.63. The third-order valence-electron chi connectivity index (χ3n) is 3.82. The largest absolute Gasteiger partial charge is 0.507 e. The highest BCUT2D eigenvalue weighted by atomic mass is 35.5. The number of hydrogen-bond acceptors (Lipinski definition) is 3. The number of H-pyrrole nitrogens is 1. The van der Waals surface area contributed by atoms with E-state index in [0.29, 0.717) is 16.1 Å². The molecule has 0 saturated heterocycles. The number of aromatic hydroxyl groups is 1. The van der Waals surface area contributed by atoms with Crippen molar-refractivity contribution in [3.8, 4) is 17.0 Å². The first-order valence-electron chi connectivity index (χ1n) is 7.68. The van der Waals surface area contributed by atoms with Crippen molar-refractivity contribution in [2.75, 3.05) is 5.32 Å². The van der Waals surface area contributed by atoms with Gasteiger partial charge in [0.15, 0.2) is 0 Å². The normalized spacial score (nSPS) is 11.4. The molecule has 0 aliphatic heterocycles. The van der Waals surface area contributed by atoms with Gasteiger partial charge in [0.1, 0.15) is 11.4 Å². The fraction of sp³-hybridized carbons (Fsp3) is 0.111. The van der Waals surface area contributed by atoms with Crippen LogP contribution in [0.1, 0.15) is 21.6 Å². The molecule has 3 rings (SSSR count). The second-order valence-corrected chi connectivity index (χ2v) is 6.23. The van der Waals surface area contributed by atoms with Gasteiger partial charge >= 0.3 is 6.18 Å². The Morgan fingerprint density at radius 2 is 1.96 bits per heavy atom. The zero-order valence-corrected chi connectivity index (χ0v) is 14.6. The number of carbonyl (C=O) groups excluding carboxylic acids is 1. The van der Waals surface area contributed by atoms with E-state index >= 15 is 0 Å². The van der Waals surface area contributed by atoms with Gasteiger partial charge in [-0.1, -0.05) is 17.7 Å². The molecular formula is C18H13ClF3N3O2. The molecule has 1 heterocycles. The Hall–Kier alpha value is -3.00. The molecule has 1 amide bonds. The van der Waals surface area contributed by atoms with Crippen LogP contribution in [0.2, 0.25) is 5.02 Å². The number of phenols is 1. The van der Waals surface area contributed by atoms with Gasteiger partial charge in [0.05, 0.1) is 11.3 Å². The molecular weight excluding hydrogens is 383 g/mol. The molecule has 9 heteroatoms. The van der Waals surface area contributed by atoms with E-state index in [4.69, 9.17) is 11.6 Å². The SMILES string of the molecule is Cc1cc(O)c(-c2cc(C(=O)Nc3cccc(C(F)(F)F)c3)[nH]n2)cc1Cl. The van der Waals surface area contributed by atoms with Crippen LogP contribution < -0.4 is 5.32 Å². The predicted octanol–water partition coefficient (Wildman–Crippen LogP) is 5.02. The lowest BCUT2D eigenvalue weighted by Gasteiger charge is -2.09. The average Bonchev–Trinajstić information content (AvgIpc) is 3.07. The Kier molecular flexibility index (Phi) is 4.84. The number of rotatable bonds is 3. The van der Waals surface area contributed by atoms with Crippen LogP contribution in [-0.4, -0.2) is 21.2 Å². The smallest absolute Gasteiger partial charge is 0.416 e. The number of hydrogen-bond donors (Lipinski definition) is 3. The van der Waals surface area contributed by atoms with Gasteiger partial charge in [-0.2, -0.15) is 18.3 Å². The fourth-order valence-corrected chi connectivity index (χ4v) is 2.58. The molecule has 0 atom stereocenters. The number of aromatic amines is 1. The summed E-state index contributed by atoms with van der Waals surface area (Å²) in [6.45, 7) is 1.73. The van der Waals surface area contributed by atoms with Crippen LogP contribution in [0, 0.1) is 6.92 Å². The van der Waals surface area contributed by atoms with E-state index in [-0.39, 0.29) is 22.8 Å². The number of nitrogens with one attached hydrogen (secondary N) is 2. The minimum Gasteiger partial charge on any atom is -0.507 e. The van der Waals surface area contributed by atoms with Crippen LogP contribution in [0.5, 0.6) is 5.75 Å². The molecule has 0 aliphatic rings. The van der Waals surface area contributed by atoms with Crippen molar-refractivity contribution < 1.29 is 23.1 Å². The Morgan fingerprint density at radius 1 is 1.22 bits per heavy atom. The minimum atomic E-state index is -4.51. The summed E-state index contributed by atoms with van der Waals surface area (Å²) < 4.78 is 38.3. The Balaban J connectivity index is 1.83. The van der Waals surface area contributed by atoms with Gasteiger partial charge < -0.3 is 10.4 Å². The number of alkyl halides is 3. The number of carbonyl (C=O) groups is 1. The third kappa shape index (κ3) is 4.06. The fourth-order valence-electron chi connectivity index (χ4n) is 2.42. The van der Waals surface area contributed by atoms with Gasteiger partial charge in [-0.25, -0.2) is 0 Å². The summed E-state index contributed by atoms with van der Waals surface area (Å²) in [4.78, 5) is 12.3. The van der Waals surface area contributed by atoms with Crippen LogP contribution in [0.15, 0.2) is 42.5 Å². The first-order valence-corrected chi connectivity index (χ1v) is 8.06. The van der Waals surface area contributed by atoms with Gasteiger partial charge in [0, 0.05) is 16.3 Å². The van der Waals surface area contributed by atoms with Crippen LogP contribution in [0.25, 0.3) is 11.3 Å². The van der Waals surface area contributed by atoms with Crippen molar-refractivity contribution in [2.45, 2.75) is 13.1 Å². The maximum atomic E-state index is 12.8. The van der Waals surface area contributed by atoms with Crippen molar-refractivity contribution in [2.24, 2.45) is 0 Å². The van der Waals surface area contributed by atoms with E-state index in [1.54, 1.807) is 6.92 Å². The van der Waals surface area contributed by atoms with Crippen molar-refractivity contribution in [3.63, 3.8) is 0 Å². The zero-order valence-electron chi connectivity index (χ0n) is 13.9. The first-order chi connectivity index (χ1) is 12.6. The molecule has 3 aromatic rings. The second-order valence-electron chi connectivity index (χ2n) is 5.82. The lowest BCUT2D eigenvalue weighted by atomic mass is 10.1. The van der Waals surface area contributed by atoms with Crippen LogP contribution >= 0.6 is 11.6 Å². The summed E-state index contributed by atoms with van der Waals surface area (Å²) in [5, 5.41) is 19.3.